The summed E-state index contributed by atoms with van der Waals surface area (Å²) in [4.78, 5) is 4.99. The van der Waals surface area contributed by atoms with Crippen LogP contribution in [-0.2, 0) is 0 Å². The summed E-state index contributed by atoms with van der Waals surface area (Å²) in [6, 6.07) is 25.0. The van der Waals surface area contributed by atoms with Gasteiger partial charge in [-0.3, -0.25) is 4.90 Å². The molecule has 0 radical (unpaired) electrons. The number of benzene rings is 3. The molecule has 1 fully saturated rings. The molecule has 0 bridgehead atoms. The Morgan fingerprint density at radius 2 is 1.50 bits per heavy atom. The van der Waals surface area contributed by atoms with Gasteiger partial charge < -0.3 is 14.4 Å². The van der Waals surface area contributed by atoms with E-state index in [2.05, 4.69) is 58.3 Å². The van der Waals surface area contributed by atoms with Crippen molar-refractivity contribution in [3.05, 3.63) is 83.9 Å². The summed E-state index contributed by atoms with van der Waals surface area (Å²) < 4.78 is 11.5. The minimum atomic E-state index is 0.902. The average Bonchev–Trinajstić information content (AvgIpc) is 2.96. The molecule has 2 aliphatic rings. The van der Waals surface area contributed by atoms with Crippen LogP contribution in [0.2, 0.25) is 0 Å². The Hall–Kier alpha value is -3.24. The van der Waals surface area contributed by atoms with Crippen LogP contribution in [-0.4, -0.2) is 44.7 Å². The molecular weight excluding hydrogens is 372 g/mol. The van der Waals surface area contributed by atoms with E-state index in [9.17, 15) is 0 Å². The van der Waals surface area contributed by atoms with E-state index in [1.165, 1.54) is 16.8 Å². The van der Waals surface area contributed by atoms with Crippen molar-refractivity contribution in [3.8, 4) is 17.2 Å². The maximum Gasteiger partial charge on any atom is 0.135 e. The Morgan fingerprint density at radius 1 is 0.800 bits per heavy atom. The molecule has 0 amide bonds. The summed E-state index contributed by atoms with van der Waals surface area (Å²) in [7, 11) is 1.71. The van der Waals surface area contributed by atoms with Gasteiger partial charge in [0.05, 0.1) is 7.11 Å². The molecule has 0 spiro atoms. The number of anilines is 1. The predicted octanol–water partition coefficient (Wildman–Crippen LogP) is 5.16. The van der Waals surface area contributed by atoms with Crippen molar-refractivity contribution in [1.82, 2.24) is 4.90 Å². The summed E-state index contributed by atoms with van der Waals surface area (Å²) in [6.07, 6.45) is 2.29. The highest BCUT2D eigenvalue weighted by molar-refractivity contribution is 5.88. The third-order valence-corrected chi connectivity index (χ3v) is 5.91. The molecule has 0 saturated carbocycles. The Morgan fingerprint density at radius 3 is 2.27 bits per heavy atom. The highest BCUT2D eigenvalue weighted by Gasteiger charge is 2.21. The normalized spacial score (nSPS) is 16.0. The van der Waals surface area contributed by atoms with Gasteiger partial charge in [-0.1, -0.05) is 36.4 Å². The van der Waals surface area contributed by atoms with Crippen molar-refractivity contribution in [2.45, 2.75) is 0 Å². The van der Waals surface area contributed by atoms with Crippen LogP contribution in [0.3, 0.4) is 0 Å². The SMILES string of the molecule is COc1ccc(N2CCN(CC3=Cc4ccccc4Oc4ccccc43)CC2)cc1. The predicted molar refractivity (Wildman–Crippen MR) is 122 cm³/mol. The van der Waals surface area contributed by atoms with Gasteiger partial charge in [-0.2, -0.15) is 0 Å². The third-order valence-electron chi connectivity index (χ3n) is 5.91. The van der Waals surface area contributed by atoms with Gasteiger partial charge in [-0.25, -0.2) is 0 Å². The molecular formula is C26H26N2O2. The van der Waals surface area contributed by atoms with Gasteiger partial charge in [0, 0.05) is 49.5 Å². The highest BCUT2D eigenvalue weighted by Crippen LogP contribution is 2.38. The first-order valence-electron chi connectivity index (χ1n) is 10.5. The number of methoxy groups -OCH3 is 1. The molecule has 30 heavy (non-hydrogen) atoms. The Labute approximate surface area is 178 Å². The van der Waals surface area contributed by atoms with Gasteiger partial charge >= 0.3 is 0 Å². The molecule has 0 N–H and O–H groups in total. The molecule has 0 aliphatic carbocycles. The second kappa shape index (κ2) is 8.25. The lowest BCUT2D eigenvalue weighted by Gasteiger charge is -2.36. The highest BCUT2D eigenvalue weighted by atomic mass is 16.5. The molecule has 5 rings (SSSR count). The van der Waals surface area contributed by atoms with Crippen LogP contribution < -0.4 is 14.4 Å². The van der Waals surface area contributed by atoms with Crippen LogP contribution in [0.25, 0.3) is 11.6 Å². The summed E-state index contributed by atoms with van der Waals surface area (Å²) in [5, 5.41) is 0. The van der Waals surface area contributed by atoms with Gasteiger partial charge in [0.2, 0.25) is 0 Å². The summed E-state index contributed by atoms with van der Waals surface area (Å²) in [5.41, 5.74) is 4.90. The average molecular weight is 399 g/mol. The maximum atomic E-state index is 6.23. The monoisotopic (exact) mass is 398 g/mol. The fourth-order valence-electron chi connectivity index (χ4n) is 4.23. The van der Waals surface area contributed by atoms with Crippen LogP contribution in [0.5, 0.6) is 17.2 Å². The van der Waals surface area contributed by atoms with E-state index in [0.717, 1.165) is 55.5 Å². The summed E-state index contributed by atoms with van der Waals surface area (Å²) in [5.74, 6) is 2.76. The van der Waals surface area contributed by atoms with Crippen molar-refractivity contribution in [3.63, 3.8) is 0 Å². The molecule has 4 heteroatoms. The Bertz CT molecular complexity index is 1050. The van der Waals surface area contributed by atoms with Gasteiger partial charge in [-0.15, -0.1) is 0 Å². The fourth-order valence-corrected chi connectivity index (χ4v) is 4.23. The van der Waals surface area contributed by atoms with E-state index in [-0.39, 0.29) is 0 Å². The van der Waals surface area contributed by atoms with Crippen LogP contribution in [0.1, 0.15) is 11.1 Å². The lowest BCUT2D eigenvalue weighted by Crippen LogP contribution is -2.46. The van der Waals surface area contributed by atoms with Crippen molar-refractivity contribution in [2.24, 2.45) is 0 Å². The Balaban J connectivity index is 1.32. The smallest absolute Gasteiger partial charge is 0.135 e. The number of fused-ring (bicyclic) bond motifs is 2. The molecule has 0 unspecified atom stereocenters. The number of hydrogen-bond acceptors (Lipinski definition) is 4. The second-order valence-corrected chi connectivity index (χ2v) is 7.77. The maximum absolute atomic E-state index is 6.23. The van der Waals surface area contributed by atoms with Crippen molar-refractivity contribution >= 4 is 17.3 Å². The quantitative estimate of drug-likeness (QED) is 0.606. The molecule has 0 atom stereocenters. The van der Waals surface area contributed by atoms with E-state index >= 15 is 0 Å². The zero-order chi connectivity index (χ0) is 20.3. The minimum absolute atomic E-state index is 0.902. The molecule has 3 aromatic rings. The lowest BCUT2D eigenvalue weighted by molar-refractivity contribution is 0.288. The van der Waals surface area contributed by atoms with Crippen molar-refractivity contribution in [2.75, 3.05) is 44.7 Å². The number of piperazine rings is 1. The molecule has 2 heterocycles. The van der Waals surface area contributed by atoms with Gasteiger partial charge in [-0.05, 0) is 48.0 Å². The minimum Gasteiger partial charge on any atom is -0.497 e. The molecule has 2 aliphatic heterocycles. The van der Waals surface area contributed by atoms with E-state index in [0.29, 0.717) is 0 Å². The second-order valence-electron chi connectivity index (χ2n) is 7.77. The first kappa shape index (κ1) is 18.8. The van der Waals surface area contributed by atoms with E-state index in [1.54, 1.807) is 7.11 Å². The van der Waals surface area contributed by atoms with Gasteiger partial charge in [0.25, 0.3) is 0 Å². The Kier molecular flexibility index (Phi) is 5.16. The zero-order valence-corrected chi connectivity index (χ0v) is 17.3. The number of nitrogens with zero attached hydrogens (tertiary/aromatic N) is 2. The lowest BCUT2D eigenvalue weighted by atomic mass is 10.0. The first-order valence-corrected chi connectivity index (χ1v) is 10.5. The number of para-hydroxylation sites is 2. The van der Waals surface area contributed by atoms with Crippen LogP contribution >= 0.6 is 0 Å². The number of ether oxygens (including phenoxy) is 2. The topological polar surface area (TPSA) is 24.9 Å². The van der Waals surface area contributed by atoms with E-state index < -0.39 is 0 Å². The van der Waals surface area contributed by atoms with Crippen LogP contribution in [0.15, 0.2) is 72.8 Å². The molecule has 0 aromatic heterocycles. The third kappa shape index (κ3) is 3.79. The number of hydrogen-bond donors (Lipinski definition) is 0. The van der Waals surface area contributed by atoms with E-state index in [1.807, 2.05) is 30.3 Å². The van der Waals surface area contributed by atoms with Crippen molar-refractivity contribution < 1.29 is 9.47 Å². The fraction of sp³-hybridized carbons (Fsp3) is 0.231. The molecule has 3 aromatic carbocycles. The standard InChI is InChI=1S/C26H26N2O2/c1-29-23-12-10-22(11-13-23)28-16-14-27(15-17-28)19-21-18-20-6-2-4-8-25(20)30-26-9-5-3-7-24(21)26/h2-13,18H,14-17,19H2,1H3. The molecule has 4 nitrogen and oxygen atoms in total. The molecule has 152 valence electrons. The van der Waals surface area contributed by atoms with Gasteiger partial charge in [0.15, 0.2) is 0 Å². The van der Waals surface area contributed by atoms with Crippen LogP contribution in [0, 0.1) is 0 Å². The molecule has 1 saturated heterocycles. The van der Waals surface area contributed by atoms with Gasteiger partial charge in [0.1, 0.15) is 17.2 Å². The van der Waals surface area contributed by atoms with E-state index in [4.69, 9.17) is 9.47 Å². The summed E-state index contributed by atoms with van der Waals surface area (Å²) in [6.45, 7) is 5.04. The number of rotatable bonds is 4. The zero-order valence-electron chi connectivity index (χ0n) is 17.3. The first-order chi connectivity index (χ1) is 14.8. The summed E-state index contributed by atoms with van der Waals surface area (Å²) >= 11 is 0. The van der Waals surface area contributed by atoms with Crippen LogP contribution in [0.4, 0.5) is 5.69 Å². The van der Waals surface area contributed by atoms with Crippen molar-refractivity contribution in [1.29, 1.82) is 0 Å². The largest absolute Gasteiger partial charge is 0.497 e.